The number of carbonyl (C=O) groups is 1. The molecule has 3 aromatic rings. The monoisotopic (exact) mass is 320 g/mol. The molecule has 4 rings (SSSR count). The molecule has 1 aliphatic rings. The number of hydrogen-bond acceptors (Lipinski definition) is 3. The third-order valence-corrected chi connectivity index (χ3v) is 4.66. The topological polar surface area (TPSA) is 50.5 Å². The number of aromatic nitrogens is 3. The van der Waals surface area contributed by atoms with Gasteiger partial charge in [-0.2, -0.15) is 0 Å². The second kappa shape index (κ2) is 6.43. The summed E-state index contributed by atoms with van der Waals surface area (Å²) in [5, 5.41) is 0. The number of imidazole rings is 1. The van der Waals surface area contributed by atoms with Crippen LogP contribution in [0.5, 0.6) is 0 Å². The molecule has 0 saturated carbocycles. The Morgan fingerprint density at radius 2 is 2.04 bits per heavy atom. The molecule has 0 aliphatic carbocycles. The smallest absolute Gasteiger partial charge is 0.274 e. The fraction of sp³-hybridized carbons (Fsp3) is 0.316. The van der Waals surface area contributed by atoms with Gasteiger partial charge in [-0.1, -0.05) is 30.3 Å². The molecule has 122 valence electrons. The average Bonchev–Trinajstić information content (AvgIpc) is 3.07. The lowest BCUT2D eigenvalue weighted by Crippen LogP contribution is -2.45. The SMILES string of the molecule is O=C(c1cn2cccnc2n1)N1CCCC[C@H]1Cc1ccccc1. The van der Waals surface area contributed by atoms with Gasteiger partial charge in [0.15, 0.2) is 0 Å². The zero-order valence-electron chi connectivity index (χ0n) is 13.5. The van der Waals surface area contributed by atoms with Crippen molar-refractivity contribution in [2.45, 2.75) is 31.7 Å². The van der Waals surface area contributed by atoms with Crippen LogP contribution < -0.4 is 0 Å². The van der Waals surface area contributed by atoms with Crippen molar-refractivity contribution in [3.8, 4) is 0 Å². The summed E-state index contributed by atoms with van der Waals surface area (Å²) in [5.74, 6) is 0.582. The number of piperidine rings is 1. The first-order chi connectivity index (χ1) is 11.8. The molecular formula is C19H20N4O. The maximum atomic E-state index is 13.0. The maximum Gasteiger partial charge on any atom is 0.274 e. The molecule has 1 aromatic carbocycles. The summed E-state index contributed by atoms with van der Waals surface area (Å²) in [6.45, 7) is 0.803. The van der Waals surface area contributed by atoms with Crippen LogP contribution in [0.4, 0.5) is 0 Å². The quantitative estimate of drug-likeness (QED) is 0.745. The van der Waals surface area contributed by atoms with Crippen molar-refractivity contribution in [2.75, 3.05) is 6.54 Å². The zero-order chi connectivity index (χ0) is 16.4. The standard InChI is InChI=1S/C19H20N4O/c24-18(17-14-22-11-6-10-20-19(22)21-17)23-12-5-4-9-16(23)13-15-7-2-1-3-8-15/h1-3,6-8,10-11,14,16H,4-5,9,12-13H2/t16-/m0/s1. The Balaban J connectivity index is 1.58. The van der Waals surface area contributed by atoms with Crippen molar-refractivity contribution in [3.05, 3.63) is 66.2 Å². The fourth-order valence-corrected chi connectivity index (χ4v) is 3.45. The summed E-state index contributed by atoms with van der Waals surface area (Å²) in [4.78, 5) is 23.6. The van der Waals surface area contributed by atoms with E-state index in [0.717, 1.165) is 25.8 Å². The molecule has 24 heavy (non-hydrogen) atoms. The molecule has 0 bridgehead atoms. The van der Waals surface area contributed by atoms with Crippen LogP contribution in [0.25, 0.3) is 5.78 Å². The van der Waals surface area contributed by atoms with Gasteiger partial charge in [-0.15, -0.1) is 0 Å². The van der Waals surface area contributed by atoms with E-state index in [4.69, 9.17) is 0 Å². The van der Waals surface area contributed by atoms with Crippen molar-refractivity contribution < 1.29 is 4.79 Å². The molecule has 5 nitrogen and oxygen atoms in total. The number of rotatable bonds is 3. The number of likely N-dealkylation sites (tertiary alicyclic amines) is 1. The molecule has 1 fully saturated rings. The van der Waals surface area contributed by atoms with Gasteiger partial charge in [0.2, 0.25) is 5.78 Å². The predicted molar refractivity (Wildman–Crippen MR) is 91.8 cm³/mol. The highest BCUT2D eigenvalue weighted by molar-refractivity contribution is 5.93. The van der Waals surface area contributed by atoms with Gasteiger partial charge < -0.3 is 4.90 Å². The Morgan fingerprint density at radius 1 is 1.17 bits per heavy atom. The van der Waals surface area contributed by atoms with E-state index in [0.29, 0.717) is 11.5 Å². The van der Waals surface area contributed by atoms with Crippen molar-refractivity contribution >= 4 is 11.7 Å². The van der Waals surface area contributed by atoms with Gasteiger partial charge in [0.25, 0.3) is 5.91 Å². The first-order valence-electron chi connectivity index (χ1n) is 8.46. The summed E-state index contributed by atoms with van der Waals surface area (Å²) in [5.41, 5.74) is 1.76. The van der Waals surface area contributed by atoms with Gasteiger partial charge in [0, 0.05) is 31.2 Å². The van der Waals surface area contributed by atoms with E-state index in [2.05, 4.69) is 34.2 Å². The summed E-state index contributed by atoms with van der Waals surface area (Å²) in [6.07, 6.45) is 9.51. The van der Waals surface area contributed by atoms with E-state index in [1.54, 1.807) is 16.8 Å². The predicted octanol–water partition coefficient (Wildman–Crippen LogP) is 2.97. The third-order valence-electron chi connectivity index (χ3n) is 4.66. The van der Waals surface area contributed by atoms with E-state index in [-0.39, 0.29) is 11.9 Å². The largest absolute Gasteiger partial charge is 0.334 e. The fourth-order valence-electron chi connectivity index (χ4n) is 3.45. The third kappa shape index (κ3) is 2.89. The van der Waals surface area contributed by atoms with Crippen molar-refractivity contribution in [1.29, 1.82) is 0 Å². The molecule has 0 spiro atoms. The van der Waals surface area contributed by atoms with E-state index in [1.165, 1.54) is 12.0 Å². The minimum absolute atomic E-state index is 0.0149. The Kier molecular flexibility index (Phi) is 3.99. The zero-order valence-corrected chi connectivity index (χ0v) is 13.5. The van der Waals surface area contributed by atoms with Crippen molar-refractivity contribution in [1.82, 2.24) is 19.3 Å². The Morgan fingerprint density at radius 3 is 2.88 bits per heavy atom. The van der Waals surface area contributed by atoms with E-state index < -0.39 is 0 Å². The normalized spacial score (nSPS) is 18.0. The van der Waals surface area contributed by atoms with Crippen LogP contribution in [-0.2, 0) is 6.42 Å². The molecular weight excluding hydrogens is 300 g/mol. The summed E-state index contributed by atoms with van der Waals surface area (Å²) in [6, 6.07) is 12.5. The molecule has 1 amide bonds. The first kappa shape index (κ1) is 14.9. The molecule has 0 radical (unpaired) electrons. The number of fused-ring (bicyclic) bond motifs is 1. The first-order valence-corrected chi connectivity index (χ1v) is 8.46. The van der Waals surface area contributed by atoms with Crippen LogP contribution in [0, 0.1) is 0 Å². The van der Waals surface area contributed by atoms with Crippen molar-refractivity contribution in [2.24, 2.45) is 0 Å². The lowest BCUT2D eigenvalue weighted by molar-refractivity contribution is 0.0608. The molecule has 1 atom stereocenters. The van der Waals surface area contributed by atoms with Crippen molar-refractivity contribution in [3.63, 3.8) is 0 Å². The average molecular weight is 320 g/mol. The minimum atomic E-state index is 0.0149. The second-order valence-electron chi connectivity index (χ2n) is 6.29. The van der Waals surface area contributed by atoms with E-state index in [9.17, 15) is 4.79 Å². The van der Waals surface area contributed by atoms with Gasteiger partial charge in [-0.3, -0.25) is 9.20 Å². The number of carbonyl (C=O) groups excluding carboxylic acids is 1. The minimum Gasteiger partial charge on any atom is -0.334 e. The van der Waals surface area contributed by atoms with Gasteiger partial charge >= 0.3 is 0 Å². The summed E-state index contributed by atoms with van der Waals surface area (Å²) >= 11 is 0. The number of benzene rings is 1. The maximum absolute atomic E-state index is 13.0. The van der Waals surface area contributed by atoms with Gasteiger partial charge in [0.1, 0.15) is 5.69 Å². The van der Waals surface area contributed by atoms with Crippen LogP contribution in [0.3, 0.4) is 0 Å². The highest BCUT2D eigenvalue weighted by atomic mass is 16.2. The number of nitrogens with zero attached hydrogens (tertiary/aromatic N) is 4. The molecule has 3 heterocycles. The van der Waals surface area contributed by atoms with Crippen LogP contribution in [0.1, 0.15) is 35.3 Å². The number of amides is 1. The van der Waals surface area contributed by atoms with Crippen LogP contribution in [-0.4, -0.2) is 37.8 Å². The van der Waals surface area contributed by atoms with Gasteiger partial charge in [-0.25, -0.2) is 9.97 Å². The Bertz CT molecular complexity index is 810. The van der Waals surface area contributed by atoms with Gasteiger partial charge in [0.05, 0.1) is 0 Å². The Hall–Kier alpha value is -2.69. The molecule has 0 unspecified atom stereocenters. The lowest BCUT2D eigenvalue weighted by atomic mass is 9.95. The lowest BCUT2D eigenvalue weighted by Gasteiger charge is -2.35. The van der Waals surface area contributed by atoms with Gasteiger partial charge in [-0.05, 0) is 37.3 Å². The number of hydrogen-bond donors (Lipinski definition) is 0. The van der Waals surface area contributed by atoms with Crippen LogP contribution >= 0.6 is 0 Å². The molecule has 5 heteroatoms. The van der Waals surface area contributed by atoms with Crippen LogP contribution in [0.15, 0.2) is 55.0 Å². The molecule has 1 aliphatic heterocycles. The van der Waals surface area contributed by atoms with E-state index in [1.807, 2.05) is 23.2 Å². The molecule has 1 saturated heterocycles. The second-order valence-corrected chi connectivity index (χ2v) is 6.29. The highest BCUT2D eigenvalue weighted by Crippen LogP contribution is 2.22. The molecule has 2 aromatic heterocycles. The summed E-state index contributed by atoms with van der Waals surface area (Å²) < 4.78 is 1.80. The van der Waals surface area contributed by atoms with Crippen LogP contribution in [0.2, 0.25) is 0 Å². The Labute approximate surface area is 141 Å². The molecule has 0 N–H and O–H groups in total. The summed E-state index contributed by atoms with van der Waals surface area (Å²) in [7, 11) is 0. The van der Waals surface area contributed by atoms with E-state index >= 15 is 0 Å². The highest BCUT2D eigenvalue weighted by Gasteiger charge is 2.29.